The van der Waals surface area contributed by atoms with Gasteiger partial charge in [-0.25, -0.2) is 14.4 Å². The first kappa shape index (κ1) is 14.7. The molecule has 1 aliphatic heterocycles. The zero-order valence-corrected chi connectivity index (χ0v) is 18.0. The third kappa shape index (κ3) is 4.42. The largest absolute Gasteiger partial charge is 0.493 e. The molecule has 4 rings (SSSR count). The van der Waals surface area contributed by atoms with Crippen molar-refractivity contribution < 1.29 is 39.1 Å². The van der Waals surface area contributed by atoms with Crippen LogP contribution in [0, 0.1) is 5.82 Å². The van der Waals surface area contributed by atoms with E-state index in [9.17, 15) is 9.18 Å². The molecule has 3 N–H and O–H groups in total. The van der Waals surface area contributed by atoms with E-state index in [0.717, 1.165) is 12.3 Å². The highest BCUT2D eigenvalue weighted by atomic mass is 19.1. The average Bonchev–Trinajstić information content (AvgIpc) is 2.90. The first-order valence-electron chi connectivity index (χ1n) is 13.5. The third-order valence-electron chi connectivity index (χ3n) is 4.40. The average molecular weight is 479 g/mol. The number of carbonyl (C=O) groups is 1. The Labute approximate surface area is 205 Å². The molecule has 0 saturated heterocycles. The fraction of sp³-hybridized carbons (Fsp3) is 0.273. The molecule has 0 bridgehead atoms. The molecular weight excluding hydrogens is 447 g/mol. The predicted octanol–water partition coefficient (Wildman–Crippen LogP) is 3.63. The first-order chi connectivity index (χ1) is 19.6. The number of ether oxygens (including phenoxy) is 4. The summed E-state index contributed by atoms with van der Waals surface area (Å²) < 4.78 is 98.4. The summed E-state index contributed by atoms with van der Waals surface area (Å²) in [4.78, 5) is 24.6. The van der Waals surface area contributed by atoms with Gasteiger partial charge in [-0.05, 0) is 25.8 Å². The number of nitrogens with zero attached hydrogens (tertiary/aromatic N) is 3. The van der Waals surface area contributed by atoms with E-state index < -0.39 is 36.8 Å². The second-order valence-corrected chi connectivity index (χ2v) is 6.65. The lowest BCUT2D eigenvalue weighted by Crippen LogP contribution is -2.46. The molecule has 0 unspecified atom stereocenters. The lowest BCUT2D eigenvalue weighted by molar-refractivity contribution is -0.129. The Morgan fingerprint density at radius 3 is 2.50 bits per heavy atom. The summed E-state index contributed by atoms with van der Waals surface area (Å²) in [5, 5.41) is 7.37. The quantitative estimate of drug-likeness (QED) is 0.463. The molecule has 1 aromatic carbocycles. The van der Waals surface area contributed by atoms with Gasteiger partial charge in [0.2, 0.25) is 11.7 Å². The van der Waals surface area contributed by atoms with Crippen molar-refractivity contribution in [3.8, 4) is 23.0 Å². The Kier molecular flexibility index (Phi) is 3.85. The number of benzene rings is 1. The number of hydrogen-bond acceptors (Lipinski definition) is 10. The van der Waals surface area contributed by atoms with E-state index in [4.69, 9.17) is 29.9 Å². The van der Waals surface area contributed by atoms with Gasteiger partial charge in [0.25, 0.3) is 5.91 Å². The number of rotatable bonds is 7. The molecule has 0 spiro atoms. The van der Waals surface area contributed by atoms with E-state index in [1.807, 2.05) is 0 Å². The molecule has 3 heterocycles. The van der Waals surface area contributed by atoms with E-state index in [-0.39, 0.29) is 58.4 Å². The number of pyridine rings is 1. The van der Waals surface area contributed by atoms with Crippen molar-refractivity contribution in [3.05, 3.63) is 36.2 Å². The van der Waals surface area contributed by atoms with Crippen LogP contribution in [-0.2, 0) is 4.79 Å². The van der Waals surface area contributed by atoms with Gasteiger partial charge in [-0.1, -0.05) is 0 Å². The molecule has 1 aliphatic rings. The zero-order valence-electron chi connectivity index (χ0n) is 26.0. The second kappa shape index (κ2) is 8.89. The van der Waals surface area contributed by atoms with Crippen molar-refractivity contribution in [3.63, 3.8) is 0 Å². The van der Waals surface area contributed by atoms with Crippen LogP contribution in [0.25, 0.3) is 0 Å². The van der Waals surface area contributed by atoms with Crippen molar-refractivity contribution in [2.24, 2.45) is 0 Å². The van der Waals surface area contributed by atoms with Crippen molar-refractivity contribution in [1.29, 1.82) is 0 Å². The number of anilines is 5. The number of fused-ring (bicyclic) bond motifs is 1. The smallest absolute Gasteiger partial charge is 0.269 e. The summed E-state index contributed by atoms with van der Waals surface area (Å²) in [5.74, 6) is -3.90. The molecule has 3 aromatic rings. The molecule has 0 radical (unpaired) electrons. The molecule has 11 nitrogen and oxygen atoms in total. The van der Waals surface area contributed by atoms with Crippen LogP contribution in [-0.4, -0.2) is 47.8 Å². The SMILES string of the molecule is [2H]c1c(Nc2ncc(F)c(Nc3ccc4c(n3)NC(=O)C(C([2H])([2H])[2H])(C([2H])([2H])[2H])O4)n2)c([2H])c(OC)c(OC)c1OC. The van der Waals surface area contributed by atoms with Crippen molar-refractivity contribution in [1.82, 2.24) is 15.0 Å². The number of nitrogens with one attached hydrogen (secondary N) is 3. The van der Waals surface area contributed by atoms with Crippen LogP contribution < -0.4 is 34.9 Å². The number of aromatic nitrogens is 3. The fourth-order valence-electron chi connectivity index (χ4n) is 2.85. The van der Waals surface area contributed by atoms with E-state index >= 15 is 0 Å². The maximum atomic E-state index is 14.7. The van der Waals surface area contributed by atoms with E-state index in [1.54, 1.807) is 0 Å². The van der Waals surface area contributed by atoms with Crippen LogP contribution in [0.4, 0.5) is 33.5 Å². The van der Waals surface area contributed by atoms with Gasteiger partial charge in [-0.2, -0.15) is 4.98 Å². The van der Waals surface area contributed by atoms with Gasteiger partial charge in [-0.3, -0.25) is 4.79 Å². The van der Waals surface area contributed by atoms with Crippen LogP contribution in [0.2, 0.25) is 0 Å². The summed E-state index contributed by atoms with van der Waals surface area (Å²) in [7, 11) is 3.91. The molecule has 0 saturated carbocycles. The Balaban J connectivity index is 1.66. The summed E-state index contributed by atoms with van der Waals surface area (Å²) in [6.07, 6.45) is 0.799. The number of hydrogen-bond donors (Lipinski definition) is 3. The molecule has 0 atom stereocenters. The van der Waals surface area contributed by atoms with Crippen LogP contribution in [0.1, 0.15) is 24.7 Å². The van der Waals surface area contributed by atoms with Gasteiger partial charge in [0.15, 0.2) is 40.3 Å². The Bertz CT molecular complexity index is 1510. The number of halogens is 1. The lowest BCUT2D eigenvalue weighted by atomic mass is 10.1. The minimum atomic E-state index is -3.36. The highest BCUT2D eigenvalue weighted by Crippen LogP contribution is 2.40. The Morgan fingerprint density at radius 1 is 1.12 bits per heavy atom. The molecule has 178 valence electrons. The van der Waals surface area contributed by atoms with E-state index in [0.29, 0.717) is 0 Å². The molecular formula is C22H23FN6O5. The predicted molar refractivity (Wildman–Crippen MR) is 122 cm³/mol. The van der Waals surface area contributed by atoms with Gasteiger partial charge in [-0.15, -0.1) is 0 Å². The first-order valence-corrected chi connectivity index (χ1v) is 9.46. The van der Waals surface area contributed by atoms with Gasteiger partial charge >= 0.3 is 0 Å². The van der Waals surface area contributed by atoms with Gasteiger partial charge in [0.1, 0.15) is 5.82 Å². The summed E-state index contributed by atoms with van der Waals surface area (Å²) >= 11 is 0. The molecule has 34 heavy (non-hydrogen) atoms. The van der Waals surface area contributed by atoms with Crippen LogP contribution in [0.15, 0.2) is 30.4 Å². The van der Waals surface area contributed by atoms with Crippen molar-refractivity contribution in [2.75, 3.05) is 37.3 Å². The Morgan fingerprint density at radius 2 is 1.85 bits per heavy atom. The maximum absolute atomic E-state index is 14.7. The summed E-state index contributed by atoms with van der Waals surface area (Å²) in [6.45, 7) is -6.72. The lowest BCUT2D eigenvalue weighted by Gasteiger charge is -2.30. The van der Waals surface area contributed by atoms with Gasteiger partial charge in [0, 0.05) is 26.0 Å². The second-order valence-electron chi connectivity index (χ2n) is 6.65. The highest BCUT2D eigenvalue weighted by Gasteiger charge is 2.36. The number of amides is 1. The van der Waals surface area contributed by atoms with Crippen molar-refractivity contribution in [2.45, 2.75) is 19.3 Å². The summed E-state index contributed by atoms with van der Waals surface area (Å²) in [5.41, 5.74) is -3.32. The van der Waals surface area contributed by atoms with Crippen LogP contribution >= 0.6 is 0 Å². The standard InChI is InChI=1S/C22H23FN6O5/c1-22(2)20(30)28-19-13(34-22)6-7-16(27-19)26-18-12(23)10-24-21(29-18)25-11-8-14(31-3)17(33-5)15(9-11)32-4/h6-10H,1-5H3,(H3,24,25,26,27,28,29,30)/i1D3,2D3,8D,9D. The fourth-order valence-corrected chi connectivity index (χ4v) is 2.85. The van der Waals surface area contributed by atoms with E-state index in [2.05, 4.69) is 30.9 Å². The molecule has 2 aromatic heterocycles. The minimum Gasteiger partial charge on any atom is -0.493 e. The number of carbonyl (C=O) groups excluding carboxylic acids is 1. The molecule has 12 heteroatoms. The normalized spacial score (nSPS) is 17.9. The van der Waals surface area contributed by atoms with Crippen LogP contribution in [0.5, 0.6) is 23.0 Å². The molecule has 0 fully saturated rings. The monoisotopic (exact) mass is 478 g/mol. The zero-order chi connectivity index (χ0) is 31.2. The molecule has 1 amide bonds. The topological polar surface area (TPSA) is 129 Å². The van der Waals surface area contributed by atoms with E-state index in [1.165, 1.54) is 27.4 Å². The Hall–Kier alpha value is -4.35. The van der Waals surface area contributed by atoms with Gasteiger partial charge < -0.3 is 34.9 Å². The van der Waals surface area contributed by atoms with Gasteiger partial charge in [0.05, 0.1) is 30.3 Å². The number of methoxy groups -OCH3 is 3. The van der Waals surface area contributed by atoms with Crippen molar-refractivity contribution >= 4 is 35.0 Å². The molecule has 0 aliphatic carbocycles. The highest BCUT2D eigenvalue weighted by molar-refractivity contribution is 5.99. The maximum Gasteiger partial charge on any atom is 0.269 e. The minimum absolute atomic E-state index is 0.0208. The summed E-state index contributed by atoms with van der Waals surface area (Å²) in [6, 6.07) is 1.76. The third-order valence-corrected chi connectivity index (χ3v) is 4.40. The van der Waals surface area contributed by atoms with Crippen LogP contribution in [0.3, 0.4) is 0 Å².